The Morgan fingerprint density at radius 3 is 2.57 bits per heavy atom. The van der Waals surface area contributed by atoms with Gasteiger partial charge < -0.3 is 15.1 Å². The summed E-state index contributed by atoms with van der Waals surface area (Å²) in [6, 6.07) is 4.16. The van der Waals surface area contributed by atoms with Crippen LogP contribution < -0.4 is 0 Å². The lowest BCUT2D eigenvalue weighted by molar-refractivity contribution is -0.137. The van der Waals surface area contributed by atoms with Crippen molar-refractivity contribution in [3.8, 4) is 0 Å². The average molecular weight is 331 g/mol. The van der Waals surface area contributed by atoms with Crippen molar-refractivity contribution >= 4 is 5.91 Å². The van der Waals surface area contributed by atoms with Gasteiger partial charge in [0.1, 0.15) is 0 Å². The first-order valence-corrected chi connectivity index (χ1v) is 7.34. The maximum absolute atomic E-state index is 12.8. The molecule has 0 saturated carbocycles. The van der Waals surface area contributed by atoms with Crippen molar-refractivity contribution in [2.75, 3.05) is 6.54 Å². The van der Waals surface area contributed by atoms with E-state index in [1.807, 2.05) is 0 Å². The Morgan fingerprint density at radius 1 is 1.35 bits per heavy atom. The largest absolute Gasteiger partial charge is 0.416 e. The lowest BCUT2D eigenvalue weighted by Crippen LogP contribution is -2.36. The summed E-state index contributed by atoms with van der Waals surface area (Å²) in [5.41, 5.74) is -1.67. The molecule has 2 unspecified atom stereocenters. The molecule has 128 valence electrons. The van der Waals surface area contributed by atoms with Crippen molar-refractivity contribution < 1.29 is 28.2 Å². The molecule has 1 aromatic carbocycles. The number of carbonyl (C=O) groups excluding carboxylic acids is 1. The molecule has 1 amide bonds. The fraction of sp³-hybridized carbons (Fsp3) is 0.562. The van der Waals surface area contributed by atoms with Gasteiger partial charge in [-0.05, 0) is 38.0 Å². The van der Waals surface area contributed by atoms with Crippen LogP contribution in [0.15, 0.2) is 24.3 Å². The number of carbonyl (C=O) groups is 1. The minimum atomic E-state index is -4.46. The van der Waals surface area contributed by atoms with E-state index in [1.54, 1.807) is 0 Å². The third-order valence-corrected chi connectivity index (χ3v) is 3.78. The molecule has 1 saturated heterocycles. The fourth-order valence-corrected chi connectivity index (χ4v) is 2.80. The summed E-state index contributed by atoms with van der Waals surface area (Å²) in [6.07, 6.45) is -5.23. The highest BCUT2D eigenvalue weighted by Gasteiger charge is 2.38. The summed E-state index contributed by atoms with van der Waals surface area (Å²) >= 11 is 0. The molecule has 1 heterocycles. The van der Waals surface area contributed by atoms with Gasteiger partial charge in [0, 0.05) is 6.54 Å². The van der Waals surface area contributed by atoms with E-state index in [0.29, 0.717) is 5.56 Å². The molecule has 2 atom stereocenters. The minimum Gasteiger partial charge on any atom is -0.391 e. The molecular weight excluding hydrogens is 311 g/mol. The second-order valence-electron chi connectivity index (χ2n) is 6.56. The zero-order valence-corrected chi connectivity index (χ0v) is 13.0. The van der Waals surface area contributed by atoms with Gasteiger partial charge >= 0.3 is 6.18 Å². The number of benzene rings is 1. The number of nitrogens with zero attached hydrogens (tertiary/aromatic N) is 1. The SMILES string of the molecule is CC(C)(O)CC(=O)N1CC(O)CC1c1cccc(C(F)(F)F)c1. The molecule has 1 aliphatic rings. The molecule has 4 nitrogen and oxygen atoms in total. The molecule has 7 heteroatoms. The molecule has 2 N–H and O–H groups in total. The van der Waals surface area contributed by atoms with Crippen molar-refractivity contribution in [3.05, 3.63) is 35.4 Å². The normalized spacial score (nSPS) is 22.5. The van der Waals surface area contributed by atoms with Gasteiger partial charge in [0.25, 0.3) is 0 Å². The Bertz CT molecular complexity index is 581. The Morgan fingerprint density at radius 2 is 2.00 bits per heavy atom. The molecule has 0 spiro atoms. The van der Waals surface area contributed by atoms with Crippen LogP contribution in [0.4, 0.5) is 13.2 Å². The van der Waals surface area contributed by atoms with Crippen LogP contribution in [0, 0.1) is 0 Å². The van der Waals surface area contributed by atoms with Gasteiger partial charge in [0.2, 0.25) is 5.91 Å². The van der Waals surface area contributed by atoms with Gasteiger partial charge in [0.05, 0.1) is 29.7 Å². The highest BCUT2D eigenvalue weighted by Crippen LogP contribution is 2.36. The molecule has 0 bridgehead atoms. The average Bonchev–Trinajstić information content (AvgIpc) is 2.78. The Hall–Kier alpha value is -1.60. The van der Waals surface area contributed by atoms with Gasteiger partial charge in [-0.15, -0.1) is 0 Å². The highest BCUT2D eigenvalue weighted by atomic mass is 19.4. The lowest BCUT2D eigenvalue weighted by Gasteiger charge is -2.28. The fourth-order valence-electron chi connectivity index (χ4n) is 2.80. The van der Waals surface area contributed by atoms with Crippen LogP contribution in [0.5, 0.6) is 0 Å². The number of amides is 1. The van der Waals surface area contributed by atoms with Crippen LogP contribution >= 0.6 is 0 Å². The second kappa shape index (κ2) is 6.13. The standard InChI is InChI=1S/C16H20F3NO3/c1-15(2,23)8-14(22)20-9-12(21)7-13(20)10-4-3-5-11(6-10)16(17,18)19/h3-6,12-13,21,23H,7-9H2,1-2H3. The summed E-state index contributed by atoms with van der Waals surface area (Å²) in [5, 5.41) is 19.6. The molecule has 1 fully saturated rings. The number of aliphatic hydroxyl groups is 2. The van der Waals surface area contributed by atoms with Gasteiger partial charge in [-0.25, -0.2) is 0 Å². The van der Waals surface area contributed by atoms with Crippen molar-refractivity contribution in [1.29, 1.82) is 0 Å². The number of likely N-dealkylation sites (tertiary alicyclic amines) is 1. The lowest BCUT2D eigenvalue weighted by atomic mass is 9.99. The maximum Gasteiger partial charge on any atom is 0.416 e. The van der Waals surface area contributed by atoms with Crippen LogP contribution in [-0.4, -0.2) is 39.3 Å². The van der Waals surface area contributed by atoms with Crippen molar-refractivity contribution in [2.45, 2.75) is 50.6 Å². The third kappa shape index (κ3) is 4.45. The summed E-state index contributed by atoms with van der Waals surface area (Å²) in [7, 11) is 0. The first-order chi connectivity index (χ1) is 10.5. The van der Waals surface area contributed by atoms with Crippen molar-refractivity contribution in [3.63, 3.8) is 0 Å². The topological polar surface area (TPSA) is 60.8 Å². The molecule has 23 heavy (non-hydrogen) atoms. The van der Waals surface area contributed by atoms with Crippen LogP contribution in [0.2, 0.25) is 0 Å². The first kappa shape index (κ1) is 17.7. The zero-order chi connectivity index (χ0) is 17.4. The van der Waals surface area contributed by atoms with Crippen LogP contribution in [0.1, 0.15) is 43.9 Å². The predicted molar refractivity (Wildman–Crippen MR) is 77.4 cm³/mol. The summed E-state index contributed by atoms with van der Waals surface area (Å²) in [6.45, 7) is 3.02. The number of halogens is 3. The number of β-amino-alcohol motifs (C(OH)–C–C–N with tert-alkyl or cyclic N) is 1. The smallest absolute Gasteiger partial charge is 0.391 e. The van der Waals surface area contributed by atoms with Gasteiger partial charge in [-0.2, -0.15) is 13.2 Å². The van der Waals surface area contributed by atoms with E-state index >= 15 is 0 Å². The number of aliphatic hydroxyl groups excluding tert-OH is 1. The molecule has 2 rings (SSSR count). The Kier molecular flexibility index (Phi) is 4.73. The summed E-state index contributed by atoms with van der Waals surface area (Å²) < 4.78 is 38.5. The number of hydrogen-bond acceptors (Lipinski definition) is 3. The summed E-state index contributed by atoms with van der Waals surface area (Å²) in [4.78, 5) is 13.7. The third-order valence-electron chi connectivity index (χ3n) is 3.78. The van der Waals surface area contributed by atoms with Gasteiger partial charge in [-0.1, -0.05) is 12.1 Å². The monoisotopic (exact) mass is 331 g/mol. The van der Waals surface area contributed by atoms with Gasteiger partial charge in [0.15, 0.2) is 0 Å². The number of hydrogen-bond donors (Lipinski definition) is 2. The zero-order valence-electron chi connectivity index (χ0n) is 13.0. The summed E-state index contributed by atoms with van der Waals surface area (Å²) in [5.74, 6) is -0.392. The van der Waals surface area contributed by atoms with Crippen molar-refractivity contribution in [1.82, 2.24) is 4.90 Å². The molecular formula is C16H20F3NO3. The van der Waals surface area contributed by atoms with E-state index in [9.17, 15) is 28.2 Å². The Labute approximate surface area is 132 Å². The van der Waals surface area contributed by atoms with Crippen LogP contribution in [0.25, 0.3) is 0 Å². The number of rotatable bonds is 3. The minimum absolute atomic E-state index is 0.0514. The maximum atomic E-state index is 12.8. The van der Waals surface area contributed by atoms with E-state index in [4.69, 9.17) is 0 Å². The molecule has 1 aliphatic heterocycles. The predicted octanol–water partition coefficient (Wildman–Crippen LogP) is 2.50. The van der Waals surface area contributed by atoms with E-state index in [0.717, 1.165) is 12.1 Å². The molecule has 0 aromatic heterocycles. The van der Waals surface area contributed by atoms with Gasteiger partial charge in [-0.3, -0.25) is 4.79 Å². The van der Waals surface area contributed by atoms with Crippen LogP contribution in [-0.2, 0) is 11.0 Å². The Balaban J connectivity index is 2.28. The van der Waals surface area contributed by atoms with E-state index in [1.165, 1.54) is 30.9 Å². The first-order valence-electron chi connectivity index (χ1n) is 7.34. The quantitative estimate of drug-likeness (QED) is 0.895. The molecule has 0 radical (unpaired) electrons. The second-order valence-corrected chi connectivity index (χ2v) is 6.56. The van der Waals surface area contributed by atoms with E-state index in [-0.39, 0.29) is 19.4 Å². The van der Waals surface area contributed by atoms with Crippen LogP contribution in [0.3, 0.4) is 0 Å². The van der Waals surface area contributed by atoms with Crippen molar-refractivity contribution in [2.24, 2.45) is 0 Å². The highest BCUT2D eigenvalue weighted by molar-refractivity contribution is 5.78. The van der Waals surface area contributed by atoms with E-state index < -0.39 is 35.4 Å². The molecule has 0 aliphatic carbocycles. The number of alkyl halides is 3. The van der Waals surface area contributed by atoms with E-state index in [2.05, 4.69) is 0 Å². The molecule has 1 aromatic rings.